The second-order valence-corrected chi connectivity index (χ2v) is 10.8. The van der Waals surface area contributed by atoms with E-state index in [1.807, 2.05) is 66.7 Å². The second kappa shape index (κ2) is 14.0. The van der Waals surface area contributed by atoms with Gasteiger partial charge < -0.3 is 28.4 Å². The predicted octanol–water partition coefficient (Wildman–Crippen LogP) is 7.01. The number of methoxy groups -OCH3 is 2. The zero-order valence-electron chi connectivity index (χ0n) is 24.7. The molecule has 0 radical (unpaired) electrons. The zero-order chi connectivity index (χ0) is 29.4. The van der Waals surface area contributed by atoms with Crippen LogP contribution in [0.4, 0.5) is 0 Å². The van der Waals surface area contributed by atoms with E-state index in [0.29, 0.717) is 37.9 Å². The number of benzene rings is 4. The van der Waals surface area contributed by atoms with Crippen molar-refractivity contribution >= 4 is 0 Å². The monoisotopic (exact) mass is 578 g/mol. The Morgan fingerprint density at radius 1 is 0.674 bits per heavy atom. The molecule has 0 spiro atoms. The molecular formula is C37H38O6. The molecule has 0 bridgehead atoms. The molecule has 222 valence electrons. The first-order valence-electron chi connectivity index (χ1n) is 14.8. The van der Waals surface area contributed by atoms with Gasteiger partial charge in [-0.15, -0.1) is 0 Å². The van der Waals surface area contributed by atoms with Gasteiger partial charge in [0.25, 0.3) is 0 Å². The molecule has 6 rings (SSSR count). The smallest absolute Gasteiger partial charge is 0.161 e. The van der Waals surface area contributed by atoms with Crippen LogP contribution < -0.4 is 9.47 Å². The summed E-state index contributed by atoms with van der Waals surface area (Å²) in [6, 6.07) is 34.7. The summed E-state index contributed by atoms with van der Waals surface area (Å²) < 4.78 is 37.9. The Labute approximate surface area is 253 Å². The summed E-state index contributed by atoms with van der Waals surface area (Å²) in [6.07, 6.45) is 1.53. The van der Waals surface area contributed by atoms with Gasteiger partial charge in [0.1, 0.15) is 24.4 Å². The van der Waals surface area contributed by atoms with Crippen LogP contribution in [0.3, 0.4) is 0 Å². The van der Waals surface area contributed by atoms with Gasteiger partial charge >= 0.3 is 0 Å². The van der Waals surface area contributed by atoms with Crippen molar-refractivity contribution in [2.45, 2.75) is 50.7 Å². The number of fused-ring (bicyclic) bond motifs is 3. The number of hydrogen-bond acceptors (Lipinski definition) is 6. The average Bonchev–Trinajstić information content (AvgIpc) is 3.07. The Morgan fingerprint density at radius 2 is 1.23 bits per heavy atom. The summed E-state index contributed by atoms with van der Waals surface area (Å²) >= 11 is 0. The van der Waals surface area contributed by atoms with Gasteiger partial charge in [0.05, 0.1) is 40.6 Å². The highest BCUT2D eigenvalue weighted by molar-refractivity contribution is 5.53. The fourth-order valence-corrected chi connectivity index (χ4v) is 5.84. The molecule has 43 heavy (non-hydrogen) atoms. The minimum Gasteiger partial charge on any atom is -0.493 e. The van der Waals surface area contributed by atoms with Gasteiger partial charge in [-0.3, -0.25) is 0 Å². The van der Waals surface area contributed by atoms with Crippen molar-refractivity contribution in [1.82, 2.24) is 0 Å². The molecule has 1 aliphatic heterocycles. The molecule has 1 saturated heterocycles. The Bertz CT molecular complexity index is 1490. The van der Waals surface area contributed by atoms with Crippen LogP contribution in [0.25, 0.3) is 0 Å². The van der Waals surface area contributed by atoms with Crippen LogP contribution in [0, 0.1) is 0 Å². The van der Waals surface area contributed by atoms with Crippen LogP contribution in [0.2, 0.25) is 0 Å². The molecule has 2 aliphatic rings. The van der Waals surface area contributed by atoms with Crippen molar-refractivity contribution in [2.24, 2.45) is 0 Å². The Hall–Kier alpha value is -3.94. The van der Waals surface area contributed by atoms with Crippen LogP contribution in [-0.2, 0) is 45.2 Å². The maximum Gasteiger partial charge on any atom is 0.161 e. The Morgan fingerprint density at radius 3 is 1.84 bits per heavy atom. The summed E-state index contributed by atoms with van der Waals surface area (Å²) in [5.41, 5.74) is 6.56. The van der Waals surface area contributed by atoms with Gasteiger partial charge in [-0.05, 0) is 51.9 Å². The summed E-state index contributed by atoms with van der Waals surface area (Å²) in [6.45, 7) is 1.73. The quantitative estimate of drug-likeness (QED) is 0.169. The van der Waals surface area contributed by atoms with E-state index in [1.54, 1.807) is 14.2 Å². The average molecular weight is 579 g/mol. The van der Waals surface area contributed by atoms with Gasteiger partial charge in [-0.1, -0.05) is 97.1 Å². The highest BCUT2D eigenvalue weighted by atomic mass is 16.6. The van der Waals surface area contributed by atoms with Crippen molar-refractivity contribution in [3.63, 3.8) is 0 Å². The summed E-state index contributed by atoms with van der Waals surface area (Å²) in [5, 5.41) is 0. The highest BCUT2D eigenvalue weighted by Gasteiger charge is 2.46. The first kappa shape index (κ1) is 29.1. The van der Waals surface area contributed by atoms with Crippen LogP contribution in [0.1, 0.15) is 33.9 Å². The van der Waals surface area contributed by atoms with Gasteiger partial charge in [0, 0.05) is 0 Å². The fourth-order valence-electron chi connectivity index (χ4n) is 5.84. The first-order valence-corrected chi connectivity index (χ1v) is 14.8. The molecule has 0 unspecified atom stereocenters. The molecule has 1 fully saturated rings. The standard InChI is InChI=1S/C37H38O6/c1-38-32-20-29-18-19-30-35(31(29)21-33(32)39-2)43-34(25-40-22-26-12-6-3-7-13-26)37(42-24-28-16-10-5-11-17-28)36(30)41-23-27-14-8-4-9-15-27/h3-17,19-21,34-37H,18,22-25H2,1-2H3/t34-,35-,36-,37-/m1/s1. The van der Waals surface area contributed by atoms with Gasteiger partial charge in [-0.25, -0.2) is 0 Å². The van der Waals surface area contributed by atoms with Crippen molar-refractivity contribution in [3.05, 3.63) is 143 Å². The lowest BCUT2D eigenvalue weighted by Crippen LogP contribution is -2.52. The van der Waals surface area contributed by atoms with Gasteiger partial charge in [-0.2, -0.15) is 0 Å². The Kier molecular flexibility index (Phi) is 9.50. The molecule has 0 amide bonds. The molecule has 4 aromatic rings. The van der Waals surface area contributed by atoms with Crippen molar-refractivity contribution in [1.29, 1.82) is 0 Å². The van der Waals surface area contributed by atoms with Crippen LogP contribution in [0.15, 0.2) is 115 Å². The first-order chi connectivity index (χ1) is 21.2. The topological polar surface area (TPSA) is 55.4 Å². The molecule has 0 aromatic heterocycles. The van der Waals surface area contributed by atoms with E-state index < -0.39 is 0 Å². The van der Waals surface area contributed by atoms with Crippen molar-refractivity contribution < 1.29 is 28.4 Å². The van der Waals surface area contributed by atoms with E-state index in [4.69, 9.17) is 28.4 Å². The minimum atomic E-state index is -0.385. The summed E-state index contributed by atoms with van der Waals surface area (Å²) in [7, 11) is 3.32. The number of hydrogen-bond donors (Lipinski definition) is 0. The molecule has 6 heteroatoms. The van der Waals surface area contributed by atoms with Crippen LogP contribution in [-0.4, -0.2) is 39.1 Å². The van der Waals surface area contributed by atoms with Gasteiger partial charge in [0.2, 0.25) is 0 Å². The molecule has 0 saturated carbocycles. The predicted molar refractivity (Wildman–Crippen MR) is 165 cm³/mol. The fraction of sp³-hybridized carbons (Fsp3) is 0.297. The van der Waals surface area contributed by atoms with Crippen LogP contribution >= 0.6 is 0 Å². The number of rotatable bonds is 12. The third-order valence-electron chi connectivity index (χ3n) is 8.04. The molecular weight excluding hydrogens is 540 g/mol. The lowest BCUT2D eigenvalue weighted by molar-refractivity contribution is -0.197. The maximum absolute atomic E-state index is 6.92. The third kappa shape index (κ3) is 6.84. The largest absolute Gasteiger partial charge is 0.493 e. The van der Waals surface area contributed by atoms with E-state index in [-0.39, 0.29) is 24.4 Å². The van der Waals surface area contributed by atoms with E-state index in [1.165, 1.54) is 0 Å². The van der Waals surface area contributed by atoms with E-state index >= 15 is 0 Å². The molecule has 1 heterocycles. The molecule has 4 atom stereocenters. The lowest BCUT2D eigenvalue weighted by Gasteiger charge is -2.45. The van der Waals surface area contributed by atoms with Crippen LogP contribution in [0.5, 0.6) is 11.5 Å². The third-order valence-corrected chi connectivity index (χ3v) is 8.04. The summed E-state index contributed by atoms with van der Waals surface area (Å²) in [5.74, 6) is 1.38. The number of ether oxygens (including phenoxy) is 6. The maximum atomic E-state index is 6.92. The molecule has 4 aromatic carbocycles. The van der Waals surface area contributed by atoms with Crippen molar-refractivity contribution in [3.8, 4) is 11.5 Å². The Balaban J connectivity index is 1.33. The van der Waals surface area contributed by atoms with Gasteiger partial charge in [0.15, 0.2) is 11.5 Å². The SMILES string of the molecule is COc1cc2c(cc1OC)[C@@H]1O[C@H](COCc3ccccc3)[C@@H](OCc3ccccc3)[C@H](OCc3ccccc3)C1=CC2. The highest BCUT2D eigenvalue weighted by Crippen LogP contribution is 2.46. The number of allylic oxidation sites excluding steroid dienone is 1. The zero-order valence-corrected chi connectivity index (χ0v) is 24.7. The second-order valence-electron chi connectivity index (χ2n) is 10.8. The van der Waals surface area contributed by atoms with E-state index in [2.05, 4.69) is 42.5 Å². The molecule has 1 aliphatic carbocycles. The minimum absolute atomic E-state index is 0.328. The molecule has 6 nitrogen and oxygen atoms in total. The normalized spacial score (nSPS) is 20.9. The van der Waals surface area contributed by atoms with Crippen molar-refractivity contribution in [2.75, 3.05) is 20.8 Å². The molecule has 0 N–H and O–H groups in total. The lowest BCUT2D eigenvalue weighted by atomic mass is 9.81. The van der Waals surface area contributed by atoms with E-state index in [0.717, 1.165) is 39.8 Å². The summed E-state index contributed by atoms with van der Waals surface area (Å²) in [4.78, 5) is 0. The van der Waals surface area contributed by atoms with E-state index in [9.17, 15) is 0 Å².